The van der Waals surface area contributed by atoms with Crippen molar-refractivity contribution in [2.75, 3.05) is 32.7 Å². The van der Waals surface area contributed by atoms with Gasteiger partial charge in [0.15, 0.2) is 0 Å². The monoisotopic (exact) mass is 460 g/mol. The van der Waals surface area contributed by atoms with Crippen molar-refractivity contribution in [3.63, 3.8) is 0 Å². The number of hydrogen-bond acceptors (Lipinski definition) is 4. The van der Waals surface area contributed by atoms with Crippen LogP contribution in [0.3, 0.4) is 0 Å². The number of aromatic nitrogens is 1. The summed E-state index contributed by atoms with van der Waals surface area (Å²) in [7, 11) is 0. The highest BCUT2D eigenvalue weighted by atomic mass is 16.2. The van der Waals surface area contributed by atoms with Gasteiger partial charge in [-0.1, -0.05) is 42.5 Å². The number of benzene rings is 2. The molecule has 3 aromatic rings. The van der Waals surface area contributed by atoms with Crippen LogP contribution in [0.15, 0.2) is 65.6 Å². The maximum atomic E-state index is 12.6. The van der Waals surface area contributed by atoms with Gasteiger partial charge in [0.05, 0.1) is 6.54 Å². The van der Waals surface area contributed by atoms with E-state index in [-0.39, 0.29) is 29.4 Å². The molecule has 1 saturated heterocycles. The Kier molecular flexibility index (Phi) is 7.37. The number of hydrogen-bond donors (Lipinski definition) is 2. The van der Waals surface area contributed by atoms with E-state index in [2.05, 4.69) is 22.4 Å². The molecule has 0 atom stereocenters. The molecule has 0 spiro atoms. The number of amides is 3. The van der Waals surface area contributed by atoms with Gasteiger partial charge in [-0.25, -0.2) is 0 Å². The van der Waals surface area contributed by atoms with Crippen molar-refractivity contribution in [1.82, 2.24) is 20.1 Å². The van der Waals surface area contributed by atoms with Gasteiger partial charge in [0, 0.05) is 49.7 Å². The molecule has 4 rings (SSSR count). The van der Waals surface area contributed by atoms with Gasteiger partial charge in [-0.15, -0.1) is 0 Å². The van der Waals surface area contributed by atoms with Crippen molar-refractivity contribution in [1.29, 1.82) is 0 Å². The predicted octanol–water partition coefficient (Wildman–Crippen LogP) is 1.95. The Morgan fingerprint density at radius 2 is 1.50 bits per heavy atom. The summed E-state index contributed by atoms with van der Waals surface area (Å²) >= 11 is 0. The fourth-order valence-electron chi connectivity index (χ4n) is 4.15. The lowest BCUT2D eigenvalue weighted by Crippen LogP contribution is -2.52. The number of aryl methyl sites for hydroxylation is 1. The number of para-hydroxylation sites is 1. The van der Waals surface area contributed by atoms with E-state index in [1.807, 2.05) is 18.2 Å². The first kappa shape index (κ1) is 23.2. The number of aromatic amines is 1. The van der Waals surface area contributed by atoms with E-state index in [0.717, 1.165) is 12.8 Å². The summed E-state index contributed by atoms with van der Waals surface area (Å²) in [6.07, 6.45) is 3.51. The van der Waals surface area contributed by atoms with Crippen molar-refractivity contribution in [2.45, 2.75) is 19.3 Å². The molecule has 2 heterocycles. The maximum Gasteiger partial charge on any atom is 0.257 e. The lowest BCUT2D eigenvalue weighted by Gasteiger charge is -2.35. The molecule has 0 aliphatic carbocycles. The van der Waals surface area contributed by atoms with E-state index < -0.39 is 5.91 Å². The third-order valence-corrected chi connectivity index (χ3v) is 6.12. The third kappa shape index (κ3) is 5.51. The second-order valence-electron chi connectivity index (χ2n) is 8.36. The number of fused-ring (bicyclic) bond motifs is 1. The van der Waals surface area contributed by atoms with Gasteiger partial charge < -0.3 is 20.1 Å². The number of piperazine rings is 1. The highest BCUT2D eigenvalue weighted by Crippen LogP contribution is 2.10. The molecule has 0 radical (unpaired) electrons. The highest BCUT2D eigenvalue weighted by Gasteiger charge is 2.24. The Bertz CT molecular complexity index is 1230. The maximum absolute atomic E-state index is 12.6. The summed E-state index contributed by atoms with van der Waals surface area (Å²) in [4.78, 5) is 56.5. The number of pyridine rings is 1. The summed E-state index contributed by atoms with van der Waals surface area (Å²) < 4.78 is 0. The molecular weight excluding hydrogens is 432 g/mol. The molecule has 1 aliphatic rings. The van der Waals surface area contributed by atoms with Crippen LogP contribution in [0.2, 0.25) is 0 Å². The molecule has 8 heteroatoms. The van der Waals surface area contributed by atoms with Crippen LogP contribution in [-0.2, 0) is 16.0 Å². The number of nitrogens with zero attached hydrogens (tertiary/aromatic N) is 2. The molecule has 1 aromatic heterocycles. The van der Waals surface area contributed by atoms with Crippen LogP contribution < -0.4 is 10.7 Å². The van der Waals surface area contributed by atoms with E-state index in [4.69, 9.17) is 0 Å². The van der Waals surface area contributed by atoms with Gasteiger partial charge in [-0.2, -0.15) is 0 Å². The molecule has 8 nitrogen and oxygen atoms in total. The average molecular weight is 461 g/mol. The zero-order valence-corrected chi connectivity index (χ0v) is 19.0. The minimum absolute atomic E-state index is 0.0302. The summed E-state index contributed by atoms with van der Waals surface area (Å²) in [5.41, 5.74) is 1.46. The van der Waals surface area contributed by atoms with Crippen molar-refractivity contribution >= 4 is 28.6 Å². The van der Waals surface area contributed by atoms with Gasteiger partial charge in [0.2, 0.25) is 17.2 Å². The predicted molar refractivity (Wildman–Crippen MR) is 129 cm³/mol. The largest absolute Gasteiger partial charge is 0.360 e. The van der Waals surface area contributed by atoms with Crippen molar-refractivity contribution in [2.24, 2.45) is 0 Å². The van der Waals surface area contributed by atoms with E-state index in [1.165, 1.54) is 11.8 Å². The Labute approximate surface area is 197 Å². The molecule has 0 bridgehead atoms. The van der Waals surface area contributed by atoms with Crippen LogP contribution in [-0.4, -0.2) is 65.2 Å². The topological polar surface area (TPSA) is 103 Å². The van der Waals surface area contributed by atoms with Gasteiger partial charge in [-0.05, 0) is 30.5 Å². The smallest absolute Gasteiger partial charge is 0.257 e. The van der Waals surface area contributed by atoms with Crippen LogP contribution >= 0.6 is 0 Å². The Morgan fingerprint density at radius 3 is 2.24 bits per heavy atom. The minimum atomic E-state index is -0.590. The Morgan fingerprint density at radius 1 is 0.853 bits per heavy atom. The lowest BCUT2D eigenvalue weighted by molar-refractivity contribution is -0.139. The first-order chi connectivity index (χ1) is 16.5. The Hall–Kier alpha value is -3.94. The number of carbonyl (C=O) groups excluding carboxylic acids is 3. The zero-order valence-electron chi connectivity index (χ0n) is 19.0. The van der Waals surface area contributed by atoms with Crippen LogP contribution in [0.4, 0.5) is 0 Å². The summed E-state index contributed by atoms with van der Waals surface area (Å²) in [5, 5.41) is 2.97. The molecule has 176 valence electrons. The van der Waals surface area contributed by atoms with Gasteiger partial charge >= 0.3 is 0 Å². The first-order valence-corrected chi connectivity index (χ1v) is 11.5. The van der Waals surface area contributed by atoms with Crippen LogP contribution in [0.1, 0.15) is 28.8 Å². The zero-order chi connectivity index (χ0) is 23.9. The van der Waals surface area contributed by atoms with Crippen molar-refractivity contribution < 1.29 is 14.4 Å². The van der Waals surface area contributed by atoms with E-state index in [9.17, 15) is 19.2 Å². The number of rotatable bonds is 7. The standard InChI is InChI=1S/C26H28N4O4/c31-23(12-6-9-19-7-2-1-3-8-19)29-13-15-30(16-14-29)24(32)18-28-26(34)21-17-27-22-11-5-4-10-20(22)25(21)33/h1-5,7-8,10-11,17H,6,9,12-16,18H2,(H,27,33)(H,28,34). The average Bonchev–Trinajstić information content (AvgIpc) is 2.88. The molecular formula is C26H28N4O4. The van der Waals surface area contributed by atoms with Crippen LogP contribution in [0.5, 0.6) is 0 Å². The summed E-state index contributed by atoms with van der Waals surface area (Å²) in [5.74, 6) is -0.721. The van der Waals surface area contributed by atoms with Gasteiger partial charge in [0.25, 0.3) is 5.91 Å². The quantitative estimate of drug-likeness (QED) is 0.563. The molecule has 0 saturated carbocycles. The molecule has 2 aromatic carbocycles. The third-order valence-electron chi connectivity index (χ3n) is 6.12. The summed E-state index contributed by atoms with van der Waals surface area (Å²) in [6, 6.07) is 17.0. The van der Waals surface area contributed by atoms with E-state index in [0.29, 0.717) is 43.5 Å². The molecule has 1 fully saturated rings. The van der Waals surface area contributed by atoms with Gasteiger partial charge in [0.1, 0.15) is 5.56 Å². The van der Waals surface area contributed by atoms with Crippen molar-refractivity contribution in [3.8, 4) is 0 Å². The van der Waals surface area contributed by atoms with E-state index in [1.54, 1.807) is 34.1 Å². The van der Waals surface area contributed by atoms with Crippen molar-refractivity contribution in [3.05, 3.63) is 82.1 Å². The van der Waals surface area contributed by atoms with Crippen LogP contribution in [0, 0.1) is 0 Å². The number of carbonyl (C=O) groups is 3. The molecule has 3 amide bonds. The number of nitrogens with one attached hydrogen (secondary N) is 2. The molecule has 0 unspecified atom stereocenters. The minimum Gasteiger partial charge on any atom is -0.360 e. The second-order valence-corrected chi connectivity index (χ2v) is 8.36. The summed E-state index contributed by atoms with van der Waals surface area (Å²) in [6.45, 7) is 1.61. The van der Waals surface area contributed by atoms with Gasteiger partial charge in [-0.3, -0.25) is 19.2 Å². The fraction of sp³-hybridized carbons (Fsp3) is 0.308. The molecule has 1 aliphatic heterocycles. The SMILES string of the molecule is O=C(NCC(=O)N1CCN(C(=O)CCCc2ccccc2)CC1)c1c[nH]c2ccccc2c1=O. The van der Waals surface area contributed by atoms with Crippen LogP contribution in [0.25, 0.3) is 10.9 Å². The second kappa shape index (κ2) is 10.8. The first-order valence-electron chi connectivity index (χ1n) is 11.5. The van der Waals surface area contributed by atoms with E-state index >= 15 is 0 Å². The highest BCUT2D eigenvalue weighted by molar-refractivity contribution is 5.98. The normalized spacial score (nSPS) is 13.6. The fourth-order valence-corrected chi connectivity index (χ4v) is 4.15. The lowest BCUT2D eigenvalue weighted by atomic mass is 10.1. The Balaban J connectivity index is 1.21. The number of H-pyrrole nitrogens is 1. The molecule has 2 N–H and O–H groups in total. The molecule has 34 heavy (non-hydrogen) atoms.